The zero-order valence-corrected chi connectivity index (χ0v) is 11.5. The predicted octanol–water partition coefficient (Wildman–Crippen LogP) is 3.57. The van der Waals surface area contributed by atoms with Crippen molar-refractivity contribution in [3.63, 3.8) is 0 Å². The molecule has 4 heteroatoms. The van der Waals surface area contributed by atoms with E-state index in [1.165, 1.54) is 5.56 Å². The molecule has 3 N–H and O–H groups in total. The van der Waals surface area contributed by atoms with Crippen LogP contribution in [0.15, 0.2) is 42.5 Å². The Morgan fingerprint density at radius 1 is 0.950 bits per heavy atom. The third-order valence-corrected chi connectivity index (χ3v) is 3.24. The standard InChI is InChI=1S/C16H16N4/c1-10-7-8-11(2)14(9-10)20-16-15(17)18-12-5-3-4-6-13(12)19-16/h3-9H,1-2H3,(H2,17,18)(H,19,20). The molecule has 0 atom stereocenters. The summed E-state index contributed by atoms with van der Waals surface area (Å²) in [7, 11) is 0. The Balaban J connectivity index is 2.06. The highest BCUT2D eigenvalue weighted by molar-refractivity contribution is 5.81. The van der Waals surface area contributed by atoms with Gasteiger partial charge in [-0.25, -0.2) is 9.97 Å². The summed E-state index contributed by atoms with van der Waals surface area (Å²) in [5.41, 5.74) is 10.9. The lowest BCUT2D eigenvalue weighted by Gasteiger charge is -2.12. The third kappa shape index (κ3) is 2.28. The van der Waals surface area contributed by atoms with Gasteiger partial charge in [-0.15, -0.1) is 0 Å². The normalized spacial score (nSPS) is 10.7. The number of benzene rings is 2. The average Bonchev–Trinajstić information content (AvgIpc) is 2.43. The second-order valence-corrected chi connectivity index (χ2v) is 4.89. The minimum absolute atomic E-state index is 0.407. The van der Waals surface area contributed by atoms with Gasteiger partial charge in [0.25, 0.3) is 0 Å². The van der Waals surface area contributed by atoms with Crippen LogP contribution >= 0.6 is 0 Å². The molecule has 0 spiro atoms. The first kappa shape index (κ1) is 12.4. The largest absolute Gasteiger partial charge is 0.381 e. The molecular formula is C16H16N4. The van der Waals surface area contributed by atoms with Crippen molar-refractivity contribution in [3.8, 4) is 0 Å². The number of anilines is 3. The number of fused-ring (bicyclic) bond motifs is 1. The lowest BCUT2D eigenvalue weighted by Crippen LogP contribution is -2.03. The van der Waals surface area contributed by atoms with Gasteiger partial charge in [0.05, 0.1) is 11.0 Å². The average molecular weight is 264 g/mol. The molecule has 0 unspecified atom stereocenters. The van der Waals surface area contributed by atoms with Crippen LogP contribution in [0.2, 0.25) is 0 Å². The monoisotopic (exact) mass is 264 g/mol. The number of nitrogens with zero attached hydrogens (tertiary/aromatic N) is 2. The summed E-state index contributed by atoms with van der Waals surface area (Å²) >= 11 is 0. The van der Waals surface area contributed by atoms with E-state index in [1.54, 1.807) is 0 Å². The molecule has 0 amide bonds. The van der Waals surface area contributed by atoms with Crippen molar-refractivity contribution in [3.05, 3.63) is 53.6 Å². The molecule has 100 valence electrons. The fraction of sp³-hybridized carbons (Fsp3) is 0.125. The highest BCUT2D eigenvalue weighted by Gasteiger charge is 2.07. The van der Waals surface area contributed by atoms with Gasteiger partial charge in [-0.1, -0.05) is 24.3 Å². The highest BCUT2D eigenvalue weighted by atomic mass is 15.1. The van der Waals surface area contributed by atoms with Gasteiger partial charge in [0.2, 0.25) is 0 Å². The van der Waals surface area contributed by atoms with Crippen LogP contribution in [-0.4, -0.2) is 9.97 Å². The summed E-state index contributed by atoms with van der Waals surface area (Å²) in [5, 5.41) is 3.27. The first-order valence-corrected chi connectivity index (χ1v) is 6.50. The summed E-state index contributed by atoms with van der Waals surface area (Å²) in [5.74, 6) is 1.00. The molecule has 0 aliphatic carbocycles. The first-order chi connectivity index (χ1) is 9.63. The van der Waals surface area contributed by atoms with Crippen molar-refractivity contribution in [2.24, 2.45) is 0 Å². The minimum atomic E-state index is 0.407. The fourth-order valence-electron chi connectivity index (χ4n) is 2.10. The molecule has 0 aliphatic rings. The van der Waals surface area contributed by atoms with E-state index < -0.39 is 0 Å². The molecule has 1 heterocycles. The van der Waals surface area contributed by atoms with Crippen LogP contribution in [0.5, 0.6) is 0 Å². The Kier molecular flexibility index (Phi) is 2.99. The summed E-state index contributed by atoms with van der Waals surface area (Å²) in [4.78, 5) is 8.92. The summed E-state index contributed by atoms with van der Waals surface area (Å²) in [6, 6.07) is 13.9. The summed E-state index contributed by atoms with van der Waals surface area (Å²) in [6.45, 7) is 4.10. The number of nitrogens with one attached hydrogen (secondary N) is 1. The van der Waals surface area contributed by atoms with Gasteiger partial charge in [0.15, 0.2) is 11.6 Å². The lowest BCUT2D eigenvalue weighted by molar-refractivity contribution is 1.27. The smallest absolute Gasteiger partial charge is 0.174 e. The molecule has 0 saturated carbocycles. The Labute approximate surface area is 117 Å². The van der Waals surface area contributed by atoms with E-state index in [4.69, 9.17) is 5.73 Å². The maximum absolute atomic E-state index is 5.99. The van der Waals surface area contributed by atoms with Crippen LogP contribution in [0.25, 0.3) is 11.0 Å². The van der Waals surface area contributed by atoms with Crippen LogP contribution in [0.3, 0.4) is 0 Å². The van der Waals surface area contributed by atoms with Gasteiger partial charge in [-0.05, 0) is 43.2 Å². The van der Waals surface area contributed by atoms with Gasteiger partial charge in [0, 0.05) is 5.69 Å². The number of hydrogen-bond donors (Lipinski definition) is 2. The van der Waals surface area contributed by atoms with Crippen molar-refractivity contribution in [1.29, 1.82) is 0 Å². The molecule has 20 heavy (non-hydrogen) atoms. The number of nitrogen functional groups attached to an aromatic ring is 1. The second kappa shape index (κ2) is 4.81. The molecule has 3 rings (SSSR count). The van der Waals surface area contributed by atoms with Crippen LogP contribution in [0.1, 0.15) is 11.1 Å². The molecule has 0 radical (unpaired) electrons. The Hall–Kier alpha value is -2.62. The molecule has 0 saturated heterocycles. The minimum Gasteiger partial charge on any atom is -0.381 e. The zero-order valence-electron chi connectivity index (χ0n) is 11.5. The van der Waals surface area contributed by atoms with Crippen LogP contribution < -0.4 is 11.1 Å². The molecule has 0 aliphatic heterocycles. The van der Waals surface area contributed by atoms with Crippen LogP contribution in [0.4, 0.5) is 17.3 Å². The topological polar surface area (TPSA) is 63.8 Å². The Morgan fingerprint density at radius 2 is 1.65 bits per heavy atom. The van der Waals surface area contributed by atoms with Gasteiger partial charge >= 0.3 is 0 Å². The number of rotatable bonds is 2. The van der Waals surface area contributed by atoms with Crippen molar-refractivity contribution in [1.82, 2.24) is 9.97 Å². The van der Waals surface area contributed by atoms with Crippen molar-refractivity contribution >= 4 is 28.4 Å². The quantitative estimate of drug-likeness (QED) is 0.742. The van der Waals surface area contributed by atoms with E-state index >= 15 is 0 Å². The van der Waals surface area contributed by atoms with Gasteiger partial charge in [-0.2, -0.15) is 0 Å². The first-order valence-electron chi connectivity index (χ1n) is 6.50. The van der Waals surface area contributed by atoms with Gasteiger partial charge in [-0.3, -0.25) is 0 Å². The second-order valence-electron chi connectivity index (χ2n) is 4.89. The Bertz CT molecular complexity index is 781. The molecule has 1 aromatic heterocycles. The Morgan fingerprint density at radius 3 is 2.40 bits per heavy atom. The molecule has 2 aromatic carbocycles. The van der Waals surface area contributed by atoms with E-state index in [9.17, 15) is 0 Å². The summed E-state index contributed by atoms with van der Waals surface area (Å²) in [6.07, 6.45) is 0. The predicted molar refractivity (Wildman–Crippen MR) is 83.1 cm³/mol. The van der Waals surface area contributed by atoms with E-state index in [0.717, 1.165) is 22.3 Å². The van der Waals surface area contributed by atoms with E-state index in [0.29, 0.717) is 11.6 Å². The summed E-state index contributed by atoms with van der Waals surface area (Å²) < 4.78 is 0. The number of para-hydroxylation sites is 2. The third-order valence-electron chi connectivity index (χ3n) is 3.24. The van der Waals surface area contributed by atoms with E-state index in [1.807, 2.05) is 31.2 Å². The highest BCUT2D eigenvalue weighted by Crippen LogP contribution is 2.25. The number of aromatic nitrogens is 2. The van der Waals surface area contributed by atoms with E-state index in [-0.39, 0.29) is 0 Å². The molecule has 0 bridgehead atoms. The van der Waals surface area contributed by atoms with Crippen molar-refractivity contribution in [2.45, 2.75) is 13.8 Å². The SMILES string of the molecule is Cc1ccc(C)c(Nc2nc3ccccc3nc2N)c1. The van der Waals surface area contributed by atoms with Gasteiger partial charge in [0.1, 0.15) is 0 Å². The van der Waals surface area contributed by atoms with Crippen molar-refractivity contribution in [2.75, 3.05) is 11.1 Å². The lowest BCUT2D eigenvalue weighted by atomic mass is 10.1. The fourth-order valence-corrected chi connectivity index (χ4v) is 2.10. The number of hydrogen-bond acceptors (Lipinski definition) is 4. The maximum Gasteiger partial charge on any atom is 0.174 e. The number of aryl methyl sites for hydroxylation is 2. The molecule has 0 fully saturated rings. The van der Waals surface area contributed by atoms with E-state index in [2.05, 4.69) is 40.4 Å². The number of nitrogens with two attached hydrogens (primary N) is 1. The van der Waals surface area contributed by atoms with Crippen LogP contribution in [0, 0.1) is 13.8 Å². The van der Waals surface area contributed by atoms with Crippen LogP contribution in [-0.2, 0) is 0 Å². The molecular weight excluding hydrogens is 248 g/mol. The molecule has 4 nitrogen and oxygen atoms in total. The zero-order chi connectivity index (χ0) is 14.1. The molecule has 3 aromatic rings. The maximum atomic E-state index is 5.99. The van der Waals surface area contributed by atoms with Gasteiger partial charge < -0.3 is 11.1 Å². The van der Waals surface area contributed by atoms with Crippen molar-refractivity contribution < 1.29 is 0 Å².